The van der Waals surface area contributed by atoms with Gasteiger partial charge in [-0.1, -0.05) is 63.2 Å². The Balaban J connectivity index is 2.70. The summed E-state index contributed by atoms with van der Waals surface area (Å²) in [5, 5.41) is 8.70. The fourth-order valence-electron chi connectivity index (χ4n) is 2.38. The Labute approximate surface area is 129 Å². The average molecular weight is 298 g/mol. The molecule has 1 N–H and O–H groups in total. The zero-order valence-corrected chi connectivity index (χ0v) is 12.8. The van der Waals surface area contributed by atoms with Gasteiger partial charge < -0.3 is 0 Å². The molecule has 2 rings (SSSR count). The Morgan fingerprint density at radius 1 is 0.955 bits per heavy atom. The summed E-state index contributed by atoms with van der Waals surface area (Å²) in [7, 11) is 0. The van der Waals surface area contributed by atoms with E-state index in [0.29, 0.717) is 5.56 Å². The lowest BCUT2D eigenvalue weighted by Gasteiger charge is -2.23. The maximum absolute atomic E-state index is 12.9. The molecule has 0 unspecified atom stereocenters. The molecule has 0 spiro atoms. The molecule has 114 valence electrons. The molecule has 0 fully saturated rings. The van der Waals surface area contributed by atoms with E-state index in [9.17, 15) is 9.59 Å². The van der Waals surface area contributed by atoms with Gasteiger partial charge in [0.25, 0.3) is 0 Å². The summed E-state index contributed by atoms with van der Waals surface area (Å²) in [6.07, 6.45) is 0. The van der Waals surface area contributed by atoms with Gasteiger partial charge in [-0.05, 0) is 17.0 Å². The van der Waals surface area contributed by atoms with Gasteiger partial charge >= 0.3 is 5.97 Å². The SMILES string of the molecule is CC(C)(C)c1cccc(C(=O)OO)c1C(=O)c1ccccc1. The van der Waals surface area contributed by atoms with Crippen LogP contribution < -0.4 is 0 Å². The second-order valence-corrected chi connectivity index (χ2v) is 6.05. The van der Waals surface area contributed by atoms with Crippen molar-refractivity contribution in [1.29, 1.82) is 0 Å². The third-order valence-electron chi connectivity index (χ3n) is 3.44. The van der Waals surface area contributed by atoms with Crippen molar-refractivity contribution in [2.24, 2.45) is 0 Å². The van der Waals surface area contributed by atoms with Crippen molar-refractivity contribution in [3.05, 3.63) is 70.8 Å². The van der Waals surface area contributed by atoms with Crippen molar-refractivity contribution in [3.8, 4) is 0 Å². The molecule has 0 aliphatic heterocycles. The molecule has 2 aromatic carbocycles. The van der Waals surface area contributed by atoms with Crippen molar-refractivity contribution >= 4 is 11.8 Å². The second-order valence-electron chi connectivity index (χ2n) is 6.05. The van der Waals surface area contributed by atoms with E-state index in [-0.39, 0.29) is 22.3 Å². The van der Waals surface area contributed by atoms with Crippen LogP contribution >= 0.6 is 0 Å². The van der Waals surface area contributed by atoms with E-state index in [0.717, 1.165) is 5.56 Å². The molecule has 0 aliphatic carbocycles. The van der Waals surface area contributed by atoms with Crippen LogP contribution in [-0.2, 0) is 10.3 Å². The number of hydrogen-bond acceptors (Lipinski definition) is 4. The fourth-order valence-corrected chi connectivity index (χ4v) is 2.38. The Morgan fingerprint density at radius 2 is 1.59 bits per heavy atom. The van der Waals surface area contributed by atoms with Gasteiger partial charge in [0.15, 0.2) is 5.78 Å². The number of rotatable bonds is 3. The molecule has 0 bridgehead atoms. The highest BCUT2D eigenvalue weighted by Gasteiger charge is 2.28. The summed E-state index contributed by atoms with van der Waals surface area (Å²) < 4.78 is 0. The highest BCUT2D eigenvalue weighted by molar-refractivity contribution is 6.15. The lowest BCUT2D eigenvalue weighted by molar-refractivity contribution is -0.182. The summed E-state index contributed by atoms with van der Waals surface area (Å²) in [6.45, 7) is 5.87. The molecule has 0 atom stereocenters. The average Bonchev–Trinajstić information content (AvgIpc) is 2.52. The predicted octanol–water partition coefficient (Wildman–Crippen LogP) is 3.84. The van der Waals surface area contributed by atoms with Gasteiger partial charge in [-0.2, -0.15) is 5.26 Å². The van der Waals surface area contributed by atoms with Crippen LogP contribution in [0, 0.1) is 0 Å². The Hall–Kier alpha value is -2.46. The minimum absolute atomic E-state index is 0.0591. The van der Waals surface area contributed by atoms with Gasteiger partial charge in [-0.25, -0.2) is 4.79 Å². The first-order chi connectivity index (χ1) is 10.4. The summed E-state index contributed by atoms with van der Waals surface area (Å²) >= 11 is 0. The van der Waals surface area contributed by atoms with Gasteiger partial charge in [0, 0.05) is 11.1 Å². The fraction of sp³-hybridized carbons (Fsp3) is 0.222. The van der Waals surface area contributed by atoms with E-state index >= 15 is 0 Å². The van der Waals surface area contributed by atoms with Crippen LogP contribution in [0.2, 0.25) is 0 Å². The first-order valence-corrected chi connectivity index (χ1v) is 6.95. The van der Waals surface area contributed by atoms with Gasteiger partial charge in [0.1, 0.15) is 0 Å². The zero-order chi connectivity index (χ0) is 16.3. The maximum atomic E-state index is 12.9. The van der Waals surface area contributed by atoms with Crippen molar-refractivity contribution < 1.29 is 19.7 Å². The molecule has 0 radical (unpaired) electrons. The second kappa shape index (κ2) is 6.12. The van der Waals surface area contributed by atoms with Crippen LogP contribution in [0.4, 0.5) is 0 Å². The Morgan fingerprint density at radius 3 is 2.14 bits per heavy atom. The highest BCUT2D eigenvalue weighted by atomic mass is 17.1. The number of carbonyl (C=O) groups is 2. The van der Waals surface area contributed by atoms with Crippen LogP contribution in [0.5, 0.6) is 0 Å². The summed E-state index contributed by atoms with van der Waals surface area (Å²) in [4.78, 5) is 28.5. The Bertz CT molecular complexity index is 697. The van der Waals surface area contributed by atoms with E-state index in [4.69, 9.17) is 5.26 Å². The molecule has 0 aliphatic rings. The molecule has 22 heavy (non-hydrogen) atoms. The highest BCUT2D eigenvalue weighted by Crippen LogP contribution is 2.30. The van der Waals surface area contributed by atoms with Gasteiger partial charge in [0.2, 0.25) is 0 Å². The summed E-state index contributed by atoms with van der Waals surface area (Å²) in [6, 6.07) is 13.7. The van der Waals surface area contributed by atoms with E-state index in [2.05, 4.69) is 4.89 Å². The number of benzene rings is 2. The standard InChI is InChI=1S/C18H18O4/c1-18(2,3)14-11-7-10-13(17(20)22-21)15(14)16(19)12-8-5-4-6-9-12/h4-11,21H,1-3H3. The monoisotopic (exact) mass is 298 g/mol. The van der Waals surface area contributed by atoms with Crippen molar-refractivity contribution in [3.63, 3.8) is 0 Å². The smallest absolute Gasteiger partial charge is 0.295 e. The lowest BCUT2D eigenvalue weighted by Crippen LogP contribution is -2.21. The molecule has 0 amide bonds. The van der Waals surface area contributed by atoms with Crippen molar-refractivity contribution in [2.45, 2.75) is 26.2 Å². The van der Waals surface area contributed by atoms with Crippen LogP contribution in [-0.4, -0.2) is 17.0 Å². The van der Waals surface area contributed by atoms with Crippen LogP contribution in [0.1, 0.15) is 52.6 Å². The summed E-state index contributed by atoms with van der Waals surface area (Å²) in [5.41, 5.74) is 1.19. The normalized spacial score (nSPS) is 11.1. The number of carbonyl (C=O) groups excluding carboxylic acids is 2. The van der Waals surface area contributed by atoms with Gasteiger partial charge in [0.05, 0.1) is 5.56 Å². The number of ketones is 1. The zero-order valence-electron chi connectivity index (χ0n) is 12.8. The third-order valence-corrected chi connectivity index (χ3v) is 3.44. The maximum Gasteiger partial charge on any atom is 0.373 e. The van der Waals surface area contributed by atoms with E-state index in [1.165, 1.54) is 6.07 Å². The molecule has 0 saturated carbocycles. The molecule has 0 aromatic heterocycles. The molecular formula is C18H18O4. The minimum atomic E-state index is -0.939. The topological polar surface area (TPSA) is 63.6 Å². The van der Waals surface area contributed by atoms with Gasteiger partial charge in [-0.15, -0.1) is 0 Å². The number of hydrogen-bond donors (Lipinski definition) is 1. The van der Waals surface area contributed by atoms with Gasteiger partial charge in [-0.3, -0.25) is 9.68 Å². The van der Waals surface area contributed by atoms with E-state index < -0.39 is 5.97 Å². The van der Waals surface area contributed by atoms with E-state index in [1.54, 1.807) is 30.3 Å². The van der Waals surface area contributed by atoms with Crippen LogP contribution in [0.3, 0.4) is 0 Å². The molecule has 4 nitrogen and oxygen atoms in total. The van der Waals surface area contributed by atoms with Crippen molar-refractivity contribution in [2.75, 3.05) is 0 Å². The van der Waals surface area contributed by atoms with Crippen LogP contribution in [0.25, 0.3) is 0 Å². The minimum Gasteiger partial charge on any atom is -0.295 e. The molecule has 4 heteroatoms. The third kappa shape index (κ3) is 3.07. The molecule has 2 aromatic rings. The summed E-state index contributed by atoms with van der Waals surface area (Å²) in [5.74, 6) is -1.21. The first-order valence-electron chi connectivity index (χ1n) is 6.95. The Kier molecular flexibility index (Phi) is 4.43. The molecule has 0 saturated heterocycles. The molecule has 0 heterocycles. The molecular weight excluding hydrogens is 280 g/mol. The van der Waals surface area contributed by atoms with Crippen LogP contribution in [0.15, 0.2) is 48.5 Å². The largest absolute Gasteiger partial charge is 0.373 e. The quantitative estimate of drug-likeness (QED) is 0.531. The first kappa shape index (κ1) is 15.9. The van der Waals surface area contributed by atoms with E-state index in [1.807, 2.05) is 32.9 Å². The predicted molar refractivity (Wildman–Crippen MR) is 83.1 cm³/mol. The van der Waals surface area contributed by atoms with Crippen molar-refractivity contribution in [1.82, 2.24) is 0 Å². The lowest BCUT2D eigenvalue weighted by atomic mass is 9.80.